The summed E-state index contributed by atoms with van der Waals surface area (Å²) >= 11 is 0. The molecule has 1 heterocycles. The van der Waals surface area contributed by atoms with Crippen LogP contribution in [0.25, 0.3) is 0 Å². The van der Waals surface area contributed by atoms with Gasteiger partial charge in [0.15, 0.2) is 0 Å². The van der Waals surface area contributed by atoms with Crippen molar-refractivity contribution in [2.24, 2.45) is 5.92 Å². The van der Waals surface area contributed by atoms with E-state index in [0.29, 0.717) is 0 Å². The van der Waals surface area contributed by atoms with E-state index >= 15 is 0 Å². The third-order valence-electron chi connectivity index (χ3n) is 3.44. The zero-order chi connectivity index (χ0) is 10.4. The minimum absolute atomic E-state index is 0.794. The van der Waals surface area contributed by atoms with Gasteiger partial charge in [0, 0.05) is 19.1 Å². The zero-order valence-electron chi connectivity index (χ0n) is 10.1. The largest absolute Gasteiger partial charge is 0.315 e. The van der Waals surface area contributed by atoms with Crippen LogP contribution in [0.3, 0.4) is 0 Å². The van der Waals surface area contributed by atoms with E-state index in [1.165, 1.54) is 45.4 Å². The number of nitrogens with zero attached hydrogens (tertiary/aromatic N) is 1. The third-order valence-corrected chi connectivity index (χ3v) is 3.44. The fraction of sp³-hybridized carbons (Fsp3) is 1.00. The van der Waals surface area contributed by atoms with Gasteiger partial charge in [0.25, 0.3) is 0 Å². The quantitative estimate of drug-likeness (QED) is 0.728. The Bertz CT molecular complexity index is 141. The molecule has 1 saturated heterocycles. The molecule has 0 radical (unpaired) electrons. The Kier molecular flexibility index (Phi) is 5.49. The topological polar surface area (TPSA) is 15.3 Å². The first-order chi connectivity index (χ1) is 6.77. The summed E-state index contributed by atoms with van der Waals surface area (Å²) in [5.41, 5.74) is 0. The van der Waals surface area contributed by atoms with Crippen LogP contribution < -0.4 is 5.32 Å². The second-order valence-electron chi connectivity index (χ2n) is 4.60. The van der Waals surface area contributed by atoms with Gasteiger partial charge < -0.3 is 5.32 Å². The molecule has 1 fully saturated rings. The second kappa shape index (κ2) is 6.41. The molecule has 0 aromatic rings. The van der Waals surface area contributed by atoms with Crippen LogP contribution in [0, 0.1) is 5.92 Å². The van der Waals surface area contributed by atoms with Crippen molar-refractivity contribution in [1.29, 1.82) is 0 Å². The van der Waals surface area contributed by atoms with Crippen molar-refractivity contribution in [2.45, 2.75) is 46.1 Å². The van der Waals surface area contributed by atoms with E-state index in [0.717, 1.165) is 12.0 Å². The molecule has 0 amide bonds. The number of rotatable bonds is 5. The van der Waals surface area contributed by atoms with Crippen LogP contribution >= 0.6 is 0 Å². The highest BCUT2D eigenvalue weighted by molar-refractivity contribution is 4.78. The molecule has 2 unspecified atom stereocenters. The molecule has 2 heteroatoms. The van der Waals surface area contributed by atoms with E-state index in [-0.39, 0.29) is 0 Å². The van der Waals surface area contributed by atoms with Crippen LogP contribution in [0.1, 0.15) is 40.0 Å². The van der Waals surface area contributed by atoms with Crippen molar-refractivity contribution in [3.8, 4) is 0 Å². The first kappa shape index (κ1) is 12.0. The lowest BCUT2D eigenvalue weighted by Crippen LogP contribution is -2.47. The molecule has 0 saturated carbocycles. The van der Waals surface area contributed by atoms with E-state index < -0.39 is 0 Å². The van der Waals surface area contributed by atoms with Gasteiger partial charge >= 0.3 is 0 Å². The third kappa shape index (κ3) is 3.58. The average Bonchev–Trinajstić information content (AvgIpc) is 2.26. The molecule has 14 heavy (non-hydrogen) atoms. The van der Waals surface area contributed by atoms with Crippen LogP contribution in [0.2, 0.25) is 0 Å². The maximum atomic E-state index is 3.50. The SMILES string of the molecule is CCC(C)CN(CC)C1CCCNC1. The van der Waals surface area contributed by atoms with Crippen LogP contribution in [0.15, 0.2) is 0 Å². The molecular formula is C12H26N2. The van der Waals surface area contributed by atoms with Crippen LogP contribution in [-0.2, 0) is 0 Å². The van der Waals surface area contributed by atoms with Crippen molar-refractivity contribution in [2.75, 3.05) is 26.2 Å². The first-order valence-electron chi connectivity index (χ1n) is 6.22. The maximum absolute atomic E-state index is 3.50. The van der Waals surface area contributed by atoms with Crippen molar-refractivity contribution in [3.63, 3.8) is 0 Å². The van der Waals surface area contributed by atoms with Crippen LogP contribution in [0.5, 0.6) is 0 Å². The number of nitrogens with one attached hydrogen (secondary N) is 1. The van der Waals surface area contributed by atoms with Crippen molar-refractivity contribution in [3.05, 3.63) is 0 Å². The summed E-state index contributed by atoms with van der Waals surface area (Å²) in [6, 6.07) is 0.794. The van der Waals surface area contributed by atoms with E-state index in [9.17, 15) is 0 Å². The molecule has 0 spiro atoms. The highest BCUT2D eigenvalue weighted by Gasteiger charge is 2.20. The summed E-state index contributed by atoms with van der Waals surface area (Å²) < 4.78 is 0. The molecule has 2 nitrogen and oxygen atoms in total. The normalized spacial score (nSPS) is 25.3. The van der Waals surface area contributed by atoms with Gasteiger partial charge in [-0.25, -0.2) is 0 Å². The highest BCUT2D eigenvalue weighted by atomic mass is 15.2. The zero-order valence-corrected chi connectivity index (χ0v) is 10.1. The molecule has 2 atom stereocenters. The summed E-state index contributed by atoms with van der Waals surface area (Å²) in [4.78, 5) is 2.65. The Morgan fingerprint density at radius 2 is 2.21 bits per heavy atom. The average molecular weight is 198 g/mol. The van der Waals surface area contributed by atoms with Gasteiger partial charge in [0.05, 0.1) is 0 Å². The summed E-state index contributed by atoms with van der Waals surface area (Å²) in [6.07, 6.45) is 4.04. The van der Waals surface area contributed by atoms with Crippen molar-refractivity contribution >= 4 is 0 Å². The van der Waals surface area contributed by atoms with E-state index in [1.807, 2.05) is 0 Å². The van der Waals surface area contributed by atoms with Gasteiger partial charge in [-0.3, -0.25) is 4.90 Å². The van der Waals surface area contributed by atoms with E-state index in [2.05, 4.69) is 31.0 Å². The lowest BCUT2D eigenvalue weighted by atomic mass is 10.0. The molecule has 1 rings (SSSR count). The summed E-state index contributed by atoms with van der Waals surface area (Å²) in [6.45, 7) is 11.8. The van der Waals surface area contributed by atoms with Gasteiger partial charge in [-0.05, 0) is 31.8 Å². The first-order valence-corrected chi connectivity index (χ1v) is 6.22. The van der Waals surface area contributed by atoms with Crippen LogP contribution in [0.4, 0.5) is 0 Å². The molecule has 1 aliphatic heterocycles. The Labute approximate surface area is 89.1 Å². The van der Waals surface area contributed by atoms with Crippen molar-refractivity contribution < 1.29 is 0 Å². The van der Waals surface area contributed by atoms with Gasteiger partial charge in [0.1, 0.15) is 0 Å². The van der Waals surface area contributed by atoms with Gasteiger partial charge in [0.2, 0.25) is 0 Å². The molecule has 0 aromatic carbocycles. The molecular weight excluding hydrogens is 172 g/mol. The van der Waals surface area contributed by atoms with E-state index in [4.69, 9.17) is 0 Å². The smallest absolute Gasteiger partial charge is 0.0221 e. The standard InChI is InChI=1S/C12H26N2/c1-4-11(3)10-14(5-2)12-7-6-8-13-9-12/h11-13H,4-10H2,1-3H3. The van der Waals surface area contributed by atoms with Gasteiger partial charge in [-0.2, -0.15) is 0 Å². The minimum Gasteiger partial charge on any atom is -0.315 e. The predicted octanol–water partition coefficient (Wildman–Crippen LogP) is 2.11. The summed E-state index contributed by atoms with van der Waals surface area (Å²) in [5.74, 6) is 0.844. The van der Waals surface area contributed by atoms with Crippen molar-refractivity contribution in [1.82, 2.24) is 10.2 Å². The number of likely N-dealkylation sites (N-methyl/N-ethyl adjacent to an activating group) is 1. The maximum Gasteiger partial charge on any atom is 0.0221 e. The Balaban J connectivity index is 2.35. The molecule has 84 valence electrons. The fourth-order valence-electron chi connectivity index (χ4n) is 2.21. The predicted molar refractivity (Wildman–Crippen MR) is 62.6 cm³/mol. The lowest BCUT2D eigenvalue weighted by molar-refractivity contribution is 0.151. The molecule has 0 aromatic heterocycles. The van der Waals surface area contributed by atoms with Gasteiger partial charge in [-0.1, -0.05) is 27.2 Å². The molecule has 0 aliphatic carbocycles. The minimum atomic E-state index is 0.794. The Morgan fingerprint density at radius 1 is 1.43 bits per heavy atom. The summed E-state index contributed by atoms with van der Waals surface area (Å²) in [5, 5.41) is 3.50. The number of hydrogen-bond acceptors (Lipinski definition) is 2. The van der Waals surface area contributed by atoms with Gasteiger partial charge in [-0.15, -0.1) is 0 Å². The molecule has 1 N–H and O–H groups in total. The monoisotopic (exact) mass is 198 g/mol. The molecule has 0 bridgehead atoms. The van der Waals surface area contributed by atoms with E-state index in [1.54, 1.807) is 0 Å². The summed E-state index contributed by atoms with van der Waals surface area (Å²) in [7, 11) is 0. The Hall–Kier alpha value is -0.0800. The number of hydrogen-bond donors (Lipinski definition) is 1. The Morgan fingerprint density at radius 3 is 2.71 bits per heavy atom. The second-order valence-corrected chi connectivity index (χ2v) is 4.60. The number of piperidine rings is 1. The lowest BCUT2D eigenvalue weighted by Gasteiger charge is -2.35. The fourth-order valence-corrected chi connectivity index (χ4v) is 2.21. The molecule has 1 aliphatic rings. The van der Waals surface area contributed by atoms with Crippen LogP contribution in [-0.4, -0.2) is 37.1 Å². The highest BCUT2D eigenvalue weighted by Crippen LogP contribution is 2.13.